The van der Waals surface area contributed by atoms with Gasteiger partial charge in [0.2, 0.25) is 0 Å². The van der Waals surface area contributed by atoms with E-state index in [0.29, 0.717) is 12.7 Å². The largest absolute Gasteiger partial charge is 0.371 e. The summed E-state index contributed by atoms with van der Waals surface area (Å²) in [5.74, 6) is 0. The SMILES string of the molecule is Bc1cc(Cl)ccc1[C@@H](CCC)OCC1CO1. The van der Waals surface area contributed by atoms with Crippen LogP contribution >= 0.6 is 11.6 Å². The Morgan fingerprint density at radius 2 is 2.35 bits per heavy atom. The molecule has 0 bridgehead atoms. The zero-order valence-corrected chi connectivity index (χ0v) is 11.2. The van der Waals surface area contributed by atoms with Gasteiger partial charge in [-0.1, -0.05) is 36.5 Å². The summed E-state index contributed by atoms with van der Waals surface area (Å²) in [5.41, 5.74) is 2.45. The molecule has 0 saturated carbocycles. The van der Waals surface area contributed by atoms with Gasteiger partial charge in [0.15, 0.2) is 0 Å². The highest BCUT2D eigenvalue weighted by atomic mass is 35.5. The van der Waals surface area contributed by atoms with Crippen molar-refractivity contribution in [1.29, 1.82) is 0 Å². The summed E-state index contributed by atoms with van der Waals surface area (Å²) in [7, 11) is 2.08. The minimum Gasteiger partial charge on any atom is -0.371 e. The first-order valence-electron chi connectivity index (χ1n) is 6.20. The van der Waals surface area contributed by atoms with Crippen molar-refractivity contribution < 1.29 is 9.47 Å². The lowest BCUT2D eigenvalue weighted by Gasteiger charge is -2.19. The molecule has 92 valence electrons. The maximum absolute atomic E-state index is 5.98. The van der Waals surface area contributed by atoms with Crippen LogP contribution in [-0.4, -0.2) is 27.2 Å². The van der Waals surface area contributed by atoms with Crippen LogP contribution in [0.25, 0.3) is 0 Å². The molecule has 2 atom stereocenters. The van der Waals surface area contributed by atoms with Crippen molar-refractivity contribution in [1.82, 2.24) is 0 Å². The Labute approximate surface area is 109 Å². The van der Waals surface area contributed by atoms with Gasteiger partial charge in [-0.05, 0) is 24.1 Å². The van der Waals surface area contributed by atoms with Crippen LogP contribution in [0.15, 0.2) is 18.2 Å². The normalized spacial score (nSPS) is 20.2. The number of hydrogen-bond acceptors (Lipinski definition) is 2. The van der Waals surface area contributed by atoms with E-state index < -0.39 is 0 Å². The topological polar surface area (TPSA) is 21.8 Å². The van der Waals surface area contributed by atoms with Crippen LogP contribution in [0.1, 0.15) is 31.4 Å². The van der Waals surface area contributed by atoms with Crippen molar-refractivity contribution in [2.24, 2.45) is 0 Å². The third-order valence-electron chi connectivity index (χ3n) is 3.02. The van der Waals surface area contributed by atoms with Gasteiger partial charge in [0.25, 0.3) is 0 Å². The summed E-state index contributed by atoms with van der Waals surface area (Å²) >= 11 is 5.98. The quantitative estimate of drug-likeness (QED) is 0.569. The smallest absolute Gasteiger partial charge is 0.139 e. The zero-order chi connectivity index (χ0) is 12.3. The molecule has 1 heterocycles. The van der Waals surface area contributed by atoms with E-state index in [2.05, 4.69) is 20.8 Å². The van der Waals surface area contributed by atoms with Crippen LogP contribution in [0.2, 0.25) is 5.02 Å². The first kappa shape index (κ1) is 12.9. The minimum absolute atomic E-state index is 0.168. The summed E-state index contributed by atoms with van der Waals surface area (Å²) in [6.07, 6.45) is 2.64. The molecule has 1 fully saturated rings. The molecule has 0 amide bonds. The molecule has 2 rings (SSSR count). The molecule has 0 spiro atoms. The predicted molar refractivity (Wildman–Crippen MR) is 73.0 cm³/mol. The molecule has 17 heavy (non-hydrogen) atoms. The lowest BCUT2D eigenvalue weighted by atomic mass is 9.87. The van der Waals surface area contributed by atoms with Crippen LogP contribution in [0.3, 0.4) is 0 Å². The molecule has 1 unspecified atom stereocenters. The summed E-state index contributed by atoms with van der Waals surface area (Å²) in [6, 6.07) is 6.01. The minimum atomic E-state index is 0.168. The molecule has 1 aliphatic heterocycles. The Morgan fingerprint density at radius 1 is 1.59 bits per heavy atom. The van der Waals surface area contributed by atoms with E-state index in [1.54, 1.807) is 0 Å². The fraction of sp³-hybridized carbons (Fsp3) is 0.538. The average Bonchev–Trinajstić information content (AvgIpc) is 3.09. The molecule has 0 N–H and O–H groups in total. The van der Waals surface area contributed by atoms with Crippen LogP contribution in [0.4, 0.5) is 0 Å². The first-order chi connectivity index (χ1) is 8.20. The monoisotopic (exact) mass is 252 g/mol. The molecule has 0 radical (unpaired) electrons. The summed E-state index contributed by atoms with van der Waals surface area (Å²) < 4.78 is 11.1. The molecule has 2 nitrogen and oxygen atoms in total. The molecule has 1 aromatic carbocycles. The van der Waals surface area contributed by atoms with Gasteiger partial charge >= 0.3 is 0 Å². The Kier molecular flexibility index (Phi) is 4.49. The summed E-state index contributed by atoms with van der Waals surface area (Å²) in [6.45, 7) is 3.72. The fourth-order valence-corrected chi connectivity index (χ4v) is 2.21. The van der Waals surface area contributed by atoms with E-state index in [-0.39, 0.29) is 6.10 Å². The number of rotatable bonds is 6. The van der Waals surface area contributed by atoms with E-state index in [4.69, 9.17) is 21.1 Å². The first-order valence-corrected chi connectivity index (χ1v) is 6.57. The summed E-state index contributed by atoms with van der Waals surface area (Å²) in [4.78, 5) is 0. The Balaban J connectivity index is 2.06. The maximum Gasteiger partial charge on any atom is 0.139 e. The predicted octanol–water partition coefficient (Wildman–Crippen LogP) is 1.85. The van der Waals surface area contributed by atoms with E-state index in [9.17, 15) is 0 Å². The number of epoxide rings is 1. The van der Waals surface area contributed by atoms with Crippen molar-refractivity contribution in [3.63, 3.8) is 0 Å². The lowest BCUT2D eigenvalue weighted by Crippen LogP contribution is -2.18. The van der Waals surface area contributed by atoms with Crippen LogP contribution in [0.5, 0.6) is 0 Å². The lowest BCUT2D eigenvalue weighted by molar-refractivity contribution is 0.0365. The number of halogens is 1. The molecular formula is C13H18BClO2. The summed E-state index contributed by atoms with van der Waals surface area (Å²) in [5, 5.41) is 0.784. The van der Waals surface area contributed by atoms with Crippen LogP contribution < -0.4 is 5.46 Å². The zero-order valence-electron chi connectivity index (χ0n) is 10.4. The van der Waals surface area contributed by atoms with E-state index in [1.165, 1.54) is 11.0 Å². The standard InChI is InChI=1S/C13H18BClO2/c1-2-3-13(17-8-10-7-16-10)11-5-4-9(15)6-12(11)14/h4-6,10,13H,2-3,7-8,14H2,1H3/t10?,13-/m1/s1. The molecule has 1 aliphatic rings. The second-order valence-corrected chi connectivity index (χ2v) is 5.00. The fourth-order valence-electron chi connectivity index (χ4n) is 1.98. The highest BCUT2D eigenvalue weighted by molar-refractivity contribution is 6.36. The number of ether oxygens (including phenoxy) is 2. The van der Waals surface area contributed by atoms with Crippen molar-refractivity contribution in [2.45, 2.75) is 32.0 Å². The molecular weight excluding hydrogens is 234 g/mol. The van der Waals surface area contributed by atoms with Crippen molar-refractivity contribution in [3.05, 3.63) is 28.8 Å². The van der Waals surface area contributed by atoms with Crippen LogP contribution in [0, 0.1) is 0 Å². The second-order valence-electron chi connectivity index (χ2n) is 4.57. The molecule has 1 aromatic rings. The highest BCUT2D eigenvalue weighted by Crippen LogP contribution is 2.24. The third-order valence-corrected chi connectivity index (χ3v) is 3.25. The van der Waals surface area contributed by atoms with Gasteiger partial charge in [-0.15, -0.1) is 0 Å². The van der Waals surface area contributed by atoms with Crippen molar-refractivity contribution in [2.75, 3.05) is 13.2 Å². The number of hydrogen-bond donors (Lipinski definition) is 0. The van der Waals surface area contributed by atoms with Gasteiger partial charge in [-0.2, -0.15) is 0 Å². The van der Waals surface area contributed by atoms with E-state index >= 15 is 0 Å². The van der Waals surface area contributed by atoms with Crippen LogP contribution in [-0.2, 0) is 9.47 Å². The van der Waals surface area contributed by atoms with Gasteiger partial charge in [0.1, 0.15) is 14.0 Å². The third kappa shape index (κ3) is 3.73. The van der Waals surface area contributed by atoms with Gasteiger partial charge in [0.05, 0.1) is 19.3 Å². The van der Waals surface area contributed by atoms with Crippen molar-refractivity contribution in [3.8, 4) is 0 Å². The van der Waals surface area contributed by atoms with Gasteiger partial charge < -0.3 is 9.47 Å². The van der Waals surface area contributed by atoms with Gasteiger partial charge in [0, 0.05) is 5.02 Å². The van der Waals surface area contributed by atoms with E-state index in [0.717, 1.165) is 24.5 Å². The Bertz CT molecular complexity index is 380. The maximum atomic E-state index is 5.98. The van der Waals surface area contributed by atoms with Crippen molar-refractivity contribution >= 4 is 24.9 Å². The van der Waals surface area contributed by atoms with Gasteiger partial charge in [-0.3, -0.25) is 0 Å². The average molecular weight is 253 g/mol. The highest BCUT2D eigenvalue weighted by Gasteiger charge is 2.25. The Hall–Kier alpha value is -0.505. The second kappa shape index (κ2) is 5.90. The molecule has 1 saturated heterocycles. The van der Waals surface area contributed by atoms with E-state index in [1.807, 2.05) is 12.1 Å². The molecule has 4 heteroatoms. The van der Waals surface area contributed by atoms with Gasteiger partial charge in [-0.25, -0.2) is 0 Å². The number of benzene rings is 1. The molecule has 0 aliphatic carbocycles. The molecule has 0 aromatic heterocycles. The Morgan fingerprint density at radius 3 is 2.94 bits per heavy atom.